The van der Waals surface area contributed by atoms with Crippen LogP contribution in [-0.4, -0.2) is 44.5 Å². The lowest BCUT2D eigenvalue weighted by atomic mass is 10.3. The van der Waals surface area contributed by atoms with Crippen LogP contribution in [0.1, 0.15) is 16.1 Å². The molecule has 2 rings (SSSR count). The zero-order valence-electron chi connectivity index (χ0n) is 10.5. The molecular formula is C11H14ClN5O. The molecule has 0 fully saturated rings. The standard InChI is InChI=1S/C11H14ClN5O/c1-15(2)11(18)8-5-13-17(6-8)7-9-4-10(12)16(3)14-9/h4-6H,7H2,1-3H3. The Morgan fingerprint density at radius 2 is 2.22 bits per heavy atom. The fourth-order valence-corrected chi connectivity index (χ4v) is 1.73. The highest BCUT2D eigenvalue weighted by Crippen LogP contribution is 2.10. The van der Waals surface area contributed by atoms with Gasteiger partial charge in [-0.3, -0.25) is 14.2 Å². The van der Waals surface area contributed by atoms with Crippen LogP contribution in [0.15, 0.2) is 18.5 Å². The van der Waals surface area contributed by atoms with Crippen molar-refractivity contribution in [2.75, 3.05) is 14.1 Å². The first-order valence-electron chi connectivity index (χ1n) is 5.40. The maximum atomic E-state index is 11.7. The molecule has 0 aliphatic rings. The SMILES string of the molecule is CN(C)C(=O)c1cnn(Cc2cc(Cl)n(C)n2)c1. The number of hydrogen-bond acceptors (Lipinski definition) is 3. The van der Waals surface area contributed by atoms with Crippen LogP contribution < -0.4 is 0 Å². The molecule has 2 aromatic heterocycles. The molecule has 6 nitrogen and oxygen atoms in total. The monoisotopic (exact) mass is 267 g/mol. The lowest BCUT2D eigenvalue weighted by molar-refractivity contribution is 0.0827. The van der Waals surface area contributed by atoms with Gasteiger partial charge in [0.05, 0.1) is 24.0 Å². The molecule has 2 heterocycles. The number of aryl methyl sites for hydroxylation is 1. The first kappa shape index (κ1) is 12.6. The normalized spacial score (nSPS) is 10.7. The third-order valence-corrected chi connectivity index (χ3v) is 2.84. The molecule has 0 aromatic carbocycles. The van der Waals surface area contributed by atoms with Gasteiger partial charge in [-0.25, -0.2) is 0 Å². The zero-order valence-corrected chi connectivity index (χ0v) is 11.2. The molecule has 0 N–H and O–H groups in total. The Labute approximate surface area is 110 Å². The number of aromatic nitrogens is 4. The average Bonchev–Trinajstić information content (AvgIpc) is 2.86. The number of carbonyl (C=O) groups excluding carboxylic acids is 1. The Hall–Kier alpha value is -1.82. The molecule has 0 unspecified atom stereocenters. The molecule has 0 spiro atoms. The van der Waals surface area contributed by atoms with Crippen molar-refractivity contribution in [1.29, 1.82) is 0 Å². The third kappa shape index (κ3) is 2.53. The molecule has 0 radical (unpaired) electrons. The predicted octanol–water partition coefficient (Wildman–Crippen LogP) is 1.02. The molecular weight excluding hydrogens is 254 g/mol. The highest BCUT2D eigenvalue weighted by Gasteiger charge is 2.11. The average molecular weight is 268 g/mol. The van der Waals surface area contributed by atoms with Gasteiger partial charge in [0.2, 0.25) is 0 Å². The van der Waals surface area contributed by atoms with Gasteiger partial charge in [0.25, 0.3) is 5.91 Å². The molecule has 0 atom stereocenters. The number of nitrogens with zero attached hydrogens (tertiary/aromatic N) is 5. The van der Waals surface area contributed by atoms with E-state index in [1.165, 1.54) is 4.90 Å². The second kappa shape index (κ2) is 4.81. The van der Waals surface area contributed by atoms with E-state index in [9.17, 15) is 4.79 Å². The molecule has 0 bridgehead atoms. The number of amides is 1. The minimum atomic E-state index is -0.0692. The van der Waals surface area contributed by atoms with Gasteiger partial charge in [0.1, 0.15) is 5.15 Å². The highest BCUT2D eigenvalue weighted by atomic mass is 35.5. The lowest BCUT2D eigenvalue weighted by Crippen LogP contribution is -2.21. The number of halogens is 1. The maximum Gasteiger partial charge on any atom is 0.256 e. The van der Waals surface area contributed by atoms with E-state index in [1.54, 1.807) is 49.0 Å². The Bertz CT molecular complexity index is 552. The van der Waals surface area contributed by atoms with Crippen LogP contribution >= 0.6 is 11.6 Å². The Balaban J connectivity index is 2.13. The summed E-state index contributed by atoms with van der Waals surface area (Å²) in [4.78, 5) is 13.2. The predicted molar refractivity (Wildman–Crippen MR) is 67.6 cm³/mol. The van der Waals surface area contributed by atoms with Gasteiger partial charge in [-0.2, -0.15) is 10.2 Å². The van der Waals surface area contributed by atoms with Crippen molar-refractivity contribution in [3.8, 4) is 0 Å². The van der Waals surface area contributed by atoms with Crippen LogP contribution in [0, 0.1) is 0 Å². The second-order valence-corrected chi connectivity index (χ2v) is 4.60. The van der Waals surface area contributed by atoms with E-state index in [4.69, 9.17) is 11.6 Å². The summed E-state index contributed by atoms with van der Waals surface area (Å²) < 4.78 is 3.25. The second-order valence-electron chi connectivity index (χ2n) is 4.21. The van der Waals surface area contributed by atoms with Gasteiger partial charge in [0.15, 0.2) is 0 Å². The minimum absolute atomic E-state index is 0.0692. The van der Waals surface area contributed by atoms with Crippen molar-refractivity contribution in [1.82, 2.24) is 24.5 Å². The largest absolute Gasteiger partial charge is 0.345 e. The summed E-state index contributed by atoms with van der Waals surface area (Å²) in [7, 11) is 5.19. The van der Waals surface area contributed by atoms with E-state index in [0.717, 1.165) is 5.69 Å². The molecule has 18 heavy (non-hydrogen) atoms. The minimum Gasteiger partial charge on any atom is -0.345 e. The van der Waals surface area contributed by atoms with Crippen molar-refractivity contribution in [3.63, 3.8) is 0 Å². The molecule has 0 saturated heterocycles. The number of rotatable bonds is 3. The summed E-state index contributed by atoms with van der Waals surface area (Å²) in [5.41, 5.74) is 1.36. The molecule has 0 saturated carbocycles. The fraction of sp³-hybridized carbons (Fsp3) is 0.364. The molecule has 0 aliphatic heterocycles. The molecule has 1 amide bonds. The Morgan fingerprint density at radius 3 is 2.78 bits per heavy atom. The summed E-state index contributed by atoms with van der Waals surface area (Å²) in [6.45, 7) is 0.487. The lowest BCUT2D eigenvalue weighted by Gasteiger charge is -2.06. The third-order valence-electron chi connectivity index (χ3n) is 2.48. The Morgan fingerprint density at radius 1 is 1.50 bits per heavy atom. The summed E-state index contributed by atoms with van der Waals surface area (Å²) in [6, 6.07) is 1.77. The van der Waals surface area contributed by atoms with Gasteiger partial charge in [-0.15, -0.1) is 0 Å². The Kier molecular flexibility index (Phi) is 3.38. The van der Waals surface area contributed by atoms with Gasteiger partial charge >= 0.3 is 0 Å². The summed E-state index contributed by atoms with van der Waals surface area (Å²) >= 11 is 5.90. The van der Waals surface area contributed by atoms with Gasteiger partial charge in [0, 0.05) is 33.4 Å². The van der Waals surface area contributed by atoms with Crippen LogP contribution in [0.3, 0.4) is 0 Å². The summed E-state index contributed by atoms with van der Waals surface area (Å²) in [5, 5.41) is 8.93. The van der Waals surface area contributed by atoms with Crippen LogP contribution in [0.4, 0.5) is 0 Å². The zero-order chi connectivity index (χ0) is 13.3. The van der Waals surface area contributed by atoms with E-state index in [1.807, 2.05) is 0 Å². The highest BCUT2D eigenvalue weighted by molar-refractivity contribution is 6.29. The van der Waals surface area contributed by atoms with Crippen LogP contribution in [-0.2, 0) is 13.6 Å². The van der Waals surface area contributed by atoms with Crippen molar-refractivity contribution in [2.24, 2.45) is 7.05 Å². The van der Waals surface area contributed by atoms with E-state index in [-0.39, 0.29) is 5.91 Å². The van der Waals surface area contributed by atoms with E-state index in [0.29, 0.717) is 17.3 Å². The van der Waals surface area contributed by atoms with Crippen molar-refractivity contribution in [3.05, 3.63) is 34.9 Å². The van der Waals surface area contributed by atoms with Crippen molar-refractivity contribution >= 4 is 17.5 Å². The van der Waals surface area contributed by atoms with Crippen molar-refractivity contribution < 1.29 is 4.79 Å². The molecule has 2 aromatic rings. The van der Waals surface area contributed by atoms with E-state index in [2.05, 4.69) is 10.2 Å². The smallest absolute Gasteiger partial charge is 0.256 e. The molecule has 0 aliphatic carbocycles. The first-order valence-corrected chi connectivity index (χ1v) is 5.77. The van der Waals surface area contributed by atoms with Gasteiger partial charge < -0.3 is 4.90 Å². The first-order chi connectivity index (χ1) is 8.47. The van der Waals surface area contributed by atoms with Gasteiger partial charge in [-0.05, 0) is 0 Å². The van der Waals surface area contributed by atoms with Crippen LogP contribution in [0.5, 0.6) is 0 Å². The van der Waals surface area contributed by atoms with E-state index < -0.39 is 0 Å². The number of carbonyl (C=O) groups is 1. The fourth-order valence-electron chi connectivity index (χ4n) is 1.56. The summed E-state index contributed by atoms with van der Waals surface area (Å²) in [6.07, 6.45) is 3.25. The van der Waals surface area contributed by atoms with Crippen molar-refractivity contribution in [2.45, 2.75) is 6.54 Å². The quantitative estimate of drug-likeness (QED) is 0.834. The van der Waals surface area contributed by atoms with E-state index >= 15 is 0 Å². The van der Waals surface area contributed by atoms with Gasteiger partial charge in [-0.1, -0.05) is 11.6 Å². The molecule has 96 valence electrons. The topological polar surface area (TPSA) is 56.0 Å². The molecule has 7 heteroatoms. The number of hydrogen-bond donors (Lipinski definition) is 0. The van der Waals surface area contributed by atoms with Crippen LogP contribution in [0.25, 0.3) is 0 Å². The summed E-state index contributed by atoms with van der Waals surface area (Å²) in [5.74, 6) is -0.0692. The maximum absolute atomic E-state index is 11.7. The van der Waals surface area contributed by atoms with Crippen LogP contribution in [0.2, 0.25) is 5.15 Å².